The summed E-state index contributed by atoms with van der Waals surface area (Å²) in [5.41, 5.74) is 0.421. The largest absolute Gasteiger partial charge is 0.456 e. The molecule has 126 valence electrons. The molecular formula is C17H15F2NO3S. The van der Waals surface area contributed by atoms with Gasteiger partial charge < -0.3 is 10.1 Å². The first-order chi connectivity index (χ1) is 11.5. The van der Waals surface area contributed by atoms with Crippen LogP contribution in [0.25, 0.3) is 0 Å². The summed E-state index contributed by atoms with van der Waals surface area (Å²) in [6.07, 6.45) is 0.131. The quantitative estimate of drug-likeness (QED) is 0.611. The SMILES string of the molecule is O=C(COC(=O)CCSc1ccc(F)cc1)Nc1ccc(F)cc1. The zero-order chi connectivity index (χ0) is 17.4. The average Bonchev–Trinajstić information content (AvgIpc) is 2.57. The Morgan fingerprint density at radius 3 is 2.17 bits per heavy atom. The molecule has 0 aliphatic heterocycles. The minimum atomic E-state index is -0.501. The maximum Gasteiger partial charge on any atom is 0.307 e. The maximum absolute atomic E-state index is 12.7. The molecule has 0 atom stereocenters. The van der Waals surface area contributed by atoms with Gasteiger partial charge in [0.1, 0.15) is 11.6 Å². The van der Waals surface area contributed by atoms with Gasteiger partial charge in [0.15, 0.2) is 6.61 Å². The predicted molar refractivity (Wildman–Crippen MR) is 87.7 cm³/mol. The molecule has 0 saturated carbocycles. The molecule has 0 bridgehead atoms. The van der Waals surface area contributed by atoms with Gasteiger partial charge in [-0.3, -0.25) is 9.59 Å². The third kappa shape index (κ3) is 6.37. The van der Waals surface area contributed by atoms with Gasteiger partial charge in [-0.1, -0.05) is 0 Å². The summed E-state index contributed by atoms with van der Waals surface area (Å²) in [4.78, 5) is 24.0. The minimum absolute atomic E-state index is 0.131. The standard InChI is InChI=1S/C17H15F2NO3S/c18-12-1-5-14(6-2-12)20-16(21)11-23-17(22)9-10-24-15-7-3-13(19)4-8-15/h1-8H,9-11H2,(H,20,21). The third-order valence-corrected chi connectivity index (χ3v) is 3.89. The van der Waals surface area contributed by atoms with Crippen molar-refractivity contribution >= 4 is 29.3 Å². The number of hydrogen-bond donors (Lipinski definition) is 1. The lowest BCUT2D eigenvalue weighted by atomic mass is 10.3. The van der Waals surface area contributed by atoms with Crippen LogP contribution < -0.4 is 5.32 Å². The van der Waals surface area contributed by atoms with E-state index < -0.39 is 24.3 Å². The highest BCUT2D eigenvalue weighted by Gasteiger charge is 2.08. The predicted octanol–water partition coefficient (Wildman–Crippen LogP) is 3.63. The number of halogens is 2. The molecule has 0 heterocycles. The van der Waals surface area contributed by atoms with Gasteiger partial charge in [-0.05, 0) is 48.5 Å². The Morgan fingerprint density at radius 1 is 0.958 bits per heavy atom. The van der Waals surface area contributed by atoms with E-state index in [0.29, 0.717) is 11.4 Å². The number of thioether (sulfide) groups is 1. The normalized spacial score (nSPS) is 10.2. The molecule has 7 heteroatoms. The summed E-state index contributed by atoms with van der Waals surface area (Å²) >= 11 is 1.39. The zero-order valence-electron chi connectivity index (χ0n) is 12.6. The van der Waals surface area contributed by atoms with Crippen LogP contribution in [0.3, 0.4) is 0 Å². The van der Waals surface area contributed by atoms with Crippen molar-refractivity contribution < 1.29 is 23.1 Å². The van der Waals surface area contributed by atoms with Crippen molar-refractivity contribution in [1.29, 1.82) is 0 Å². The first-order valence-corrected chi connectivity index (χ1v) is 8.11. The smallest absolute Gasteiger partial charge is 0.307 e. The van der Waals surface area contributed by atoms with E-state index in [-0.39, 0.29) is 12.2 Å². The van der Waals surface area contributed by atoms with Gasteiger partial charge in [0.05, 0.1) is 6.42 Å². The number of hydrogen-bond acceptors (Lipinski definition) is 4. The first kappa shape index (κ1) is 17.9. The number of benzene rings is 2. The summed E-state index contributed by atoms with van der Waals surface area (Å²) in [5, 5.41) is 2.49. The van der Waals surface area contributed by atoms with E-state index in [1.54, 1.807) is 12.1 Å². The molecule has 1 amide bonds. The second-order valence-electron chi connectivity index (χ2n) is 4.77. The van der Waals surface area contributed by atoms with Crippen LogP contribution in [0.4, 0.5) is 14.5 Å². The second-order valence-corrected chi connectivity index (χ2v) is 5.94. The van der Waals surface area contributed by atoms with E-state index >= 15 is 0 Å². The van der Waals surface area contributed by atoms with Crippen molar-refractivity contribution in [3.8, 4) is 0 Å². The van der Waals surface area contributed by atoms with Crippen LogP contribution in [0.15, 0.2) is 53.4 Å². The number of nitrogens with one attached hydrogen (secondary N) is 1. The van der Waals surface area contributed by atoms with Crippen molar-refractivity contribution in [3.05, 3.63) is 60.2 Å². The fourth-order valence-electron chi connectivity index (χ4n) is 1.73. The Bertz CT molecular complexity index is 690. The molecule has 0 spiro atoms. The van der Waals surface area contributed by atoms with Crippen molar-refractivity contribution in [3.63, 3.8) is 0 Å². The highest BCUT2D eigenvalue weighted by atomic mass is 32.2. The molecule has 24 heavy (non-hydrogen) atoms. The van der Waals surface area contributed by atoms with Gasteiger partial charge in [-0.2, -0.15) is 0 Å². The number of ether oxygens (including phenoxy) is 1. The number of rotatable bonds is 7. The highest BCUT2D eigenvalue weighted by Crippen LogP contribution is 2.19. The van der Waals surface area contributed by atoms with Crippen molar-refractivity contribution in [2.24, 2.45) is 0 Å². The summed E-state index contributed by atoms with van der Waals surface area (Å²) < 4.78 is 30.3. The van der Waals surface area contributed by atoms with Crippen LogP contribution in [0.5, 0.6) is 0 Å². The molecule has 0 fully saturated rings. The molecule has 0 aromatic heterocycles. The molecule has 0 aliphatic rings. The van der Waals surface area contributed by atoms with Crippen LogP contribution in [0, 0.1) is 11.6 Å². The Kier molecular flexibility index (Phi) is 6.74. The molecule has 0 saturated heterocycles. The average molecular weight is 351 g/mol. The van der Waals surface area contributed by atoms with Gasteiger partial charge in [0, 0.05) is 16.3 Å². The number of carbonyl (C=O) groups excluding carboxylic acids is 2. The van der Waals surface area contributed by atoms with Gasteiger partial charge in [0.2, 0.25) is 0 Å². The molecule has 0 unspecified atom stereocenters. The molecule has 2 rings (SSSR count). The third-order valence-electron chi connectivity index (χ3n) is 2.88. The molecular weight excluding hydrogens is 336 g/mol. The molecule has 0 aliphatic carbocycles. The Hall–Kier alpha value is -2.41. The summed E-state index contributed by atoms with van der Waals surface area (Å²) in [7, 11) is 0. The molecule has 4 nitrogen and oxygen atoms in total. The number of amides is 1. The van der Waals surface area contributed by atoms with E-state index in [1.807, 2.05) is 0 Å². The van der Waals surface area contributed by atoms with Crippen LogP contribution in [-0.2, 0) is 14.3 Å². The van der Waals surface area contributed by atoms with E-state index in [2.05, 4.69) is 5.32 Å². The summed E-state index contributed by atoms with van der Waals surface area (Å²) in [6, 6.07) is 11.2. The summed E-state index contributed by atoms with van der Waals surface area (Å²) in [6.45, 7) is -0.405. The minimum Gasteiger partial charge on any atom is -0.456 e. The van der Waals surface area contributed by atoms with Crippen LogP contribution in [-0.4, -0.2) is 24.2 Å². The molecule has 2 aromatic carbocycles. The zero-order valence-corrected chi connectivity index (χ0v) is 13.4. The lowest BCUT2D eigenvalue weighted by Gasteiger charge is -2.06. The second kappa shape index (κ2) is 9.02. The van der Waals surface area contributed by atoms with Crippen molar-refractivity contribution in [1.82, 2.24) is 0 Å². The molecule has 0 radical (unpaired) electrons. The van der Waals surface area contributed by atoms with Crippen LogP contribution in [0.2, 0.25) is 0 Å². The Labute approximate surface area is 142 Å². The van der Waals surface area contributed by atoms with E-state index in [9.17, 15) is 18.4 Å². The topological polar surface area (TPSA) is 55.4 Å². The van der Waals surface area contributed by atoms with Crippen molar-refractivity contribution in [2.45, 2.75) is 11.3 Å². The molecule has 1 N–H and O–H groups in total. The Balaban J connectivity index is 1.64. The lowest BCUT2D eigenvalue weighted by Crippen LogP contribution is -2.21. The van der Waals surface area contributed by atoms with Crippen LogP contribution >= 0.6 is 11.8 Å². The van der Waals surface area contributed by atoms with E-state index in [1.165, 1.54) is 48.2 Å². The number of anilines is 1. The highest BCUT2D eigenvalue weighted by molar-refractivity contribution is 7.99. The van der Waals surface area contributed by atoms with E-state index in [0.717, 1.165) is 4.90 Å². The number of carbonyl (C=O) groups is 2. The molecule has 2 aromatic rings. The van der Waals surface area contributed by atoms with Crippen LogP contribution in [0.1, 0.15) is 6.42 Å². The van der Waals surface area contributed by atoms with Gasteiger partial charge in [0.25, 0.3) is 5.91 Å². The first-order valence-electron chi connectivity index (χ1n) is 7.12. The number of esters is 1. The van der Waals surface area contributed by atoms with E-state index in [4.69, 9.17) is 4.74 Å². The fraction of sp³-hybridized carbons (Fsp3) is 0.176. The summed E-state index contributed by atoms with van der Waals surface area (Å²) in [5.74, 6) is -1.26. The van der Waals surface area contributed by atoms with Crippen molar-refractivity contribution in [2.75, 3.05) is 17.7 Å². The maximum atomic E-state index is 12.7. The lowest BCUT2D eigenvalue weighted by molar-refractivity contribution is -0.146. The van der Waals surface area contributed by atoms with Gasteiger partial charge >= 0.3 is 5.97 Å². The van der Waals surface area contributed by atoms with Gasteiger partial charge in [-0.25, -0.2) is 8.78 Å². The Morgan fingerprint density at radius 2 is 1.54 bits per heavy atom. The fourth-order valence-corrected chi connectivity index (χ4v) is 2.56. The van der Waals surface area contributed by atoms with Gasteiger partial charge in [-0.15, -0.1) is 11.8 Å². The monoisotopic (exact) mass is 351 g/mol.